The average Bonchev–Trinajstić information content (AvgIpc) is 2.32. The number of rotatable bonds is 2. The molecule has 2 rings (SSSR count). The number of hydrogen-bond acceptors (Lipinski definition) is 2. The highest BCUT2D eigenvalue weighted by molar-refractivity contribution is 6.34. The van der Waals surface area contributed by atoms with E-state index in [1.807, 2.05) is 0 Å². The fourth-order valence-corrected chi connectivity index (χ4v) is 1.72. The van der Waals surface area contributed by atoms with E-state index in [1.54, 1.807) is 0 Å². The lowest BCUT2D eigenvalue weighted by Gasteiger charge is -2.06. The topological polar surface area (TPSA) is 42.0 Å². The highest BCUT2D eigenvalue weighted by Gasteiger charge is 2.10. The van der Waals surface area contributed by atoms with E-state index in [9.17, 15) is 9.18 Å². The molecule has 0 aliphatic heterocycles. The maximum Gasteiger partial charge on any atom is 0.255 e. The van der Waals surface area contributed by atoms with E-state index in [0.29, 0.717) is 5.69 Å². The number of halogens is 3. The second-order valence-corrected chi connectivity index (χ2v) is 4.18. The minimum atomic E-state index is -0.483. The van der Waals surface area contributed by atoms with Crippen LogP contribution in [0.25, 0.3) is 0 Å². The summed E-state index contributed by atoms with van der Waals surface area (Å²) in [5.74, 6) is -0.955. The van der Waals surface area contributed by atoms with E-state index in [0.717, 1.165) is 6.07 Å². The van der Waals surface area contributed by atoms with Gasteiger partial charge in [-0.1, -0.05) is 29.3 Å². The Morgan fingerprint density at radius 1 is 1.22 bits per heavy atom. The molecule has 1 amide bonds. The van der Waals surface area contributed by atoms with Crippen LogP contribution in [0.1, 0.15) is 10.4 Å². The number of hydrogen-bond donors (Lipinski definition) is 1. The highest BCUT2D eigenvalue weighted by Crippen LogP contribution is 2.22. The highest BCUT2D eigenvalue weighted by atomic mass is 35.5. The molecule has 0 saturated carbocycles. The first-order chi connectivity index (χ1) is 8.56. The van der Waals surface area contributed by atoms with E-state index in [4.69, 9.17) is 23.2 Å². The first-order valence-electron chi connectivity index (χ1n) is 4.95. The molecule has 3 nitrogen and oxygen atoms in total. The van der Waals surface area contributed by atoms with Crippen LogP contribution in [-0.4, -0.2) is 10.9 Å². The number of aromatic nitrogens is 1. The quantitative estimate of drug-likeness (QED) is 0.853. The van der Waals surface area contributed by atoms with Crippen molar-refractivity contribution in [3.05, 3.63) is 58.1 Å². The molecule has 1 heterocycles. The van der Waals surface area contributed by atoms with E-state index in [1.165, 1.54) is 30.3 Å². The van der Waals surface area contributed by atoms with Gasteiger partial charge in [-0.25, -0.2) is 9.37 Å². The zero-order valence-corrected chi connectivity index (χ0v) is 10.5. The summed E-state index contributed by atoms with van der Waals surface area (Å²) in [6.07, 6.45) is 0. The molecule has 0 fully saturated rings. The third-order valence-corrected chi connectivity index (χ3v) is 2.65. The summed E-state index contributed by atoms with van der Waals surface area (Å²) >= 11 is 11.4. The van der Waals surface area contributed by atoms with Crippen LogP contribution in [0.3, 0.4) is 0 Å². The number of benzene rings is 1. The molecule has 0 radical (unpaired) electrons. The van der Waals surface area contributed by atoms with Gasteiger partial charge in [-0.15, -0.1) is 0 Å². The van der Waals surface area contributed by atoms with Crippen LogP contribution in [0.2, 0.25) is 10.3 Å². The van der Waals surface area contributed by atoms with Crippen molar-refractivity contribution in [3.8, 4) is 0 Å². The molecule has 0 atom stereocenters. The zero-order chi connectivity index (χ0) is 13.1. The van der Waals surface area contributed by atoms with Gasteiger partial charge in [-0.3, -0.25) is 4.79 Å². The number of nitrogens with zero attached hydrogens (tertiary/aromatic N) is 1. The summed E-state index contributed by atoms with van der Waals surface area (Å²) < 4.78 is 13.0. The van der Waals surface area contributed by atoms with Crippen molar-refractivity contribution in [2.75, 3.05) is 5.32 Å². The molecule has 0 saturated heterocycles. The van der Waals surface area contributed by atoms with Crippen LogP contribution < -0.4 is 5.32 Å². The largest absolute Gasteiger partial charge is 0.319 e. The van der Waals surface area contributed by atoms with Gasteiger partial charge in [0.15, 0.2) is 5.15 Å². The van der Waals surface area contributed by atoms with Crippen molar-refractivity contribution >= 4 is 34.8 Å². The summed E-state index contributed by atoms with van der Waals surface area (Å²) in [5.41, 5.74) is 0.511. The van der Waals surface area contributed by atoms with E-state index in [-0.39, 0.29) is 15.9 Å². The van der Waals surface area contributed by atoms with Gasteiger partial charge in [0.05, 0.1) is 5.69 Å². The van der Waals surface area contributed by atoms with Crippen LogP contribution in [0, 0.1) is 5.82 Å². The number of pyridine rings is 1. The summed E-state index contributed by atoms with van der Waals surface area (Å²) in [6, 6.07) is 8.35. The normalized spacial score (nSPS) is 10.2. The lowest BCUT2D eigenvalue weighted by atomic mass is 10.2. The second-order valence-electron chi connectivity index (χ2n) is 3.44. The van der Waals surface area contributed by atoms with Crippen LogP contribution >= 0.6 is 23.2 Å². The van der Waals surface area contributed by atoms with Gasteiger partial charge in [0.1, 0.15) is 11.0 Å². The third kappa shape index (κ3) is 2.97. The fraction of sp³-hybridized carbons (Fsp3) is 0. The molecule has 2 aromatic rings. The summed E-state index contributed by atoms with van der Waals surface area (Å²) in [5, 5.41) is 2.82. The predicted molar refractivity (Wildman–Crippen MR) is 68.6 cm³/mol. The minimum absolute atomic E-state index is 0.0762. The molecule has 0 spiro atoms. The lowest BCUT2D eigenvalue weighted by molar-refractivity contribution is 0.102. The van der Waals surface area contributed by atoms with Gasteiger partial charge in [-0.05, 0) is 30.3 Å². The van der Waals surface area contributed by atoms with E-state index < -0.39 is 11.7 Å². The molecule has 1 N–H and O–H groups in total. The molecule has 18 heavy (non-hydrogen) atoms. The third-order valence-electron chi connectivity index (χ3n) is 2.15. The first-order valence-corrected chi connectivity index (χ1v) is 5.71. The number of anilines is 1. The van der Waals surface area contributed by atoms with E-state index in [2.05, 4.69) is 10.3 Å². The standard InChI is InChI=1S/C12H7Cl2FN2O/c13-10-5-4-9(11(14)17-10)16-12(18)7-2-1-3-8(15)6-7/h1-6H,(H,16,18). The molecule has 1 aromatic carbocycles. The van der Waals surface area contributed by atoms with Crippen molar-refractivity contribution in [1.82, 2.24) is 4.98 Å². The van der Waals surface area contributed by atoms with Crippen LogP contribution in [0.4, 0.5) is 10.1 Å². The number of carbonyl (C=O) groups is 1. The second kappa shape index (κ2) is 5.33. The Morgan fingerprint density at radius 3 is 2.67 bits per heavy atom. The number of nitrogens with one attached hydrogen (secondary N) is 1. The Bertz CT molecular complexity index is 604. The molecule has 0 unspecified atom stereocenters. The van der Waals surface area contributed by atoms with Gasteiger partial charge in [0.2, 0.25) is 0 Å². The molecule has 92 valence electrons. The summed E-state index contributed by atoms with van der Waals surface area (Å²) in [4.78, 5) is 15.6. The Labute approximate surface area is 113 Å². The summed E-state index contributed by atoms with van der Waals surface area (Å²) in [6.45, 7) is 0. The van der Waals surface area contributed by atoms with Gasteiger partial charge < -0.3 is 5.32 Å². The van der Waals surface area contributed by atoms with Gasteiger partial charge >= 0.3 is 0 Å². The van der Waals surface area contributed by atoms with Crippen LogP contribution in [0.5, 0.6) is 0 Å². The van der Waals surface area contributed by atoms with Crippen LogP contribution in [0.15, 0.2) is 36.4 Å². The molecule has 0 bridgehead atoms. The number of carbonyl (C=O) groups excluding carboxylic acids is 1. The van der Waals surface area contributed by atoms with Crippen molar-refractivity contribution < 1.29 is 9.18 Å². The first kappa shape index (κ1) is 12.8. The van der Waals surface area contributed by atoms with Crippen LogP contribution in [-0.2, 0) is 0 Å². The Kier molecular flexibility index (Phi) is 3.79. The lowest BCUT2D eigenvalue weighted by Crippen LogP contribution is -2.12. The van der Waals surface area contributed by atoms with Crippen molar-refractivity contribution in [2.45, 2.75) is 0 Å². The van der Waals surface area contributed by atoms with Crippen molar-refractivity contribution in [2.24, 2.45) is 0 Å². The Hall–Kier alpha value is -1.65. The molecular weight excluding hydrogens is 278 g/mol. The van der Waals surface area contributed by atoms with Crippen molar-refractivity contribution in [1.29, 1.82) is 0 Å². The molecule has 0 aliphatic carbocycles. The maximum absolute atomic E-state index is 13.0. The number of amides is 1. The van der Waals surface area contributed by atoms with E-state index >= 15 is 0 Å². The van der Waals surface area contributed by atoms with Gasteiger partial charge in [0.25, 0.3) is 5.91 Å². The molecule has 6 heteroatoms. The Balaban J connectivity index is 2.21. The predicted octanol–water partition coefficient (Wildman–Crippen LogP) is 3.78. The molecule has 0 aliphatic rings. The van der Waals surface area contributed by atoms with Gasteiger partial charge in [-0.2, -0.15) is 0 Å². The zero-order valence-electron chi connectivity index (χ0n) is 8.95. The molecular formula is C12H7Cl2FN2O. The summed E-state index contributed by atoms with van der Waals surface area (Å²) in [7, 11) is 0. The maximum atomic E-state index is 13.0. The van der Waals surface area contributed by atoms with Crippen molar-refractivity contribution in [3.63, 3.8) is 0 Å². The average molecular weight is 285 g/mol. The monoisotopic (exact) mass is 284 g/mol. The SMILES string of the molecule is O=C(Nc1ccc(Cl)nc1Cl)c1cccc(F)c1. The fourth-order valence-electron chi connectivity index (χ4n) is 1.33. The minimum Gasteiger partial charge on any atom is -0.319 e. The Morgan fingerprint density at radius 2 is 2.00 bits per heavy atom. The van der Waals surface area contributed by atoms with Gasteiger partial charge in [0, 0.05) is 5.56 Å². The molecule has 1 aromatic heterocycles. The smallest absolute Gasteiger partial charge is 0.255 e.